The number of aliphatic hydroxyl groups is 1. The zero-order valence-corrected chi connectivity index (χ0v) is 7.60. The lowest BCUT2D eigenvalue weighted by atomic mass is 9.79. The van der Waals surface area contributed by atoms with E-state index in [1.807, 2.05) is 0 Å². The first-order chi connectivity index (χ1) is 4.42. The Morgan fingerprint density at radius 2 is 1.70 bits per heavy atom. The van der Waals surface area contributed by atoms with Crippen molar-refractivity contribution in [2.75, 3.05) is 7.05 Å². The van der Waals surface area contributed by atoms with Gasteiger partial charge in [0.15, 0.2) is 0 Å². The average Bonchev–Trinajstić information content (AvgIpc) is 1.86. The molecule has 0 saturated heterocycles. The molecule has 0 aliphatic heterocycles. The van der Waals surface area contributed by atoms with Crippen molar-refractivity contribution in [3.05, 3.63) is 0 Å². The molecule has 10 heavy (non-hydrogen) atoms. The summed E-state index contributed by atoms with van der Waals surface area (Å²) in [5.74, 6) is 0.481. The lowest BCUT2D eigenvalue weighted by Crippen LogP contribution is -2.42. The van der Waals surface area contributed by atoms with Gasteiger partial charge in [-0.3, -0.25) is 5.32 Å². The molecule has 62 valence electrons. The van der Waals surface area contributed by atoms with Crippen molar-refractivity contribution in [1.82, 2.24) is 5.32 Å². The predicted molar refractivity (Wildman–Crippen MR) is 43.7 cm³/mol. The topological polar surface area (TPSA) is 32.3 Å². The summed E-state index contributed by atoms with van der Waals surface area (Å²) in [6.45, 7) is 8.33. The van der Waals surface area contributed by atoms with E-state index in [4.69, 9.17) is 0 Å². The minimum absolute atomic E-state index is 0.0469. The molecule has 0 spiro atoms. The van der Waals surface area contributed by atoms with Crippen LogP contribution in [-0.2, 0) is 0 Å². The number of rotatable bonds is 3. The SMILES string of the molecule is CNC(O)C(C)(C)C(C)C. The Labute approximate surface area is 63.6 Å². The first-order valence-electron chi connectivity index (χ1n) is 3.78. The van der Waals surface area contributed by atoms with Crippen molar-refractivity contribution in [3.8, 4) is 0 Å². The van der Waals surface area contributed by atoms with Gasteiger partial charge in [-0.2, -0.15) is 0 Å². The third kappa shape index (κ3) is 1.96. The van der Waals surface area contributed by atoms with Crippen molar-refractivity contribution in [1.29, 1.82) is 0 Å². The average molecular weight is 145 g/mol. The first kappa shape index (κ1) is 9.92. The molecule has 0 aliphatic rings. The van der Waals surface area contributed by atoms with E-state index in [1.165, 1.54) is 0 Å². The molecule has 0 aromatic carbocycles. The van der Waals surface area contributed by atoms with Gasteiger partial charge < -0.3 is 5.11 Å². The number of hydrogen-bond acceptors (Lipinski definition) is 2. The molecule has 0 radical (unpaired) electrons. The van der Waals surface area contributed by atoms with Crippen LogP contribution in [0.3, 0.4) is 0 Å². The second-order valence-corrected chi connectivity index (χ2v) is 3.67. The van der Waals surface area contributed by atoms with Crippen LogP contribution in [0.25, 0.3) is 0 Å². The molecule has 2 nitrogen and oxygen atoms in total. The van der Waals surface area contributed by atoms with Crippen LogP contribution in [0.1, 0.15) is 27.7 Å². The summed E-state index contributed by atoms with van der Waals surface area (Å²) in [7, 11) is 1.77. The molecule has 0 fully saturated rings. The van der Waals surface area contributed by atoms with Crippen LogP contribution in [0.2, 0.25) is 0 Å². The van der Waals surface area contributed by atoms with E-state index in [1.54, 1.807) is 7.05 Å². The predicted octanol–water partition coefficient (Wildman–Crippen LogP) is 1.21. The van der Waals surface area contributed by atoms with Crippen LogP contribution in [0, 0.1) is 11.3 Å². The zero-order valence-electron chi connectivity index (χ0n) is 7.60. The van der Waals surface area contributed by atoms with Gasteiger partial charge in [-0.15, -0.1) is 0 Å². The fourth-order valence-electron chi connectivity index (χ4n) is 0.688. The summed E-state index contributed by atoms with van der Waals surface area (Å²) in [5, 5.41) is 12.3. The van der Waals surface area contributed by atoms with Gasteiger partial charge in [-0.25, -0.2) is 0 Å². The van der Waals surface area contributed by atoms with E-state index >= 15 is 0 Å². The van der Waals surface area contributed by atoms with Gasteiger partial charge in [0, 0.05) is 5.41 Å². The lowest BCUT2D eigenvalue weighted by Gasteiger charge is -2.34. The molecule has 0 rings (SSSR count). The Morgan fingerprint density at radius 1 is 1.30 bits per heavy atom. The number of nitrogens with one attached hydrogen (secondary N) is 1. The van der Waals surface area contributed by atoms with Gasteiger partial charge in [-0.05, 0) is 13.0 Å². The monoisotopic (exact) mass is 145 g/mol. The highest BCUT2D eigenvalue weighted by atomic mass is 16.3. The summed E-state index contributed by atoms with van der Waals surface area (Å²) >= 11 is 0. The molecule has 0 bridgehead atoms. The molecule has 2 heteroatoms. The van der Waals surface area contributed by atoms with Gasteiger partial charge in [0.25, 0.3) is 0 Å². The second kappa shape index (κ2) is 3.35. The maximum atomic E-state index is 9.44. The fourth-order valence-corrected chi connectivity index (χ4v) is 0.688. The molecule has 1 atom stereocenters. The Bertz CT molecular complexity index is 99.4. The quantitative estimate of drug-likeness (QED) is 0.585. The minimum Gasteiger partial charge on any atom is -0.378 e. The third-order valence-corrected chi connectivity index (χ3v) is 2.47. The third-order valence-electron chi connectivity index (χ3n) is 2.47. The summed E-state index contributed by atoms with van der Waals surface area (Å²) in [6.07, 6.45) is -0.410. The molecule has 0 heterocycles. The highest BCUT2D eigenvalue weighted by Crippen LogP contribution is 2.28. The molecule has 0 amide bonds. The van der Waals surface area contributed by atoms with Crippen LogP contribution in [0.5, 0.6) is 0 Å². The fraction of sp³-hybridized carbons (Fsp3) is 1.00. The Morgan fingerprint density at radius 3 is 1.80 bits per heavy atom. The Hall–Kier alpha value is -0.0800. The summed E-state index contributed by atoms with van der Waals surface area (Å²) in [6, 6.07) is 0. The normalized spacial score (nSPS) is 15.9. The smallest absolute Gasteiger partial charge is 0.110 e. The molecule has 2 N–H and O–H groups in total. The van der Waals surface area contributed by atoms with E-state index in [2.05, 4.69) is 33.0 Å². The standard InChI is InChI=1S/C8H19NO/c1-6(2)8(3,4)7(10)9-5/h6-7,9-10H,1-5H3. The summed E-state index contributed by atoms with van der Waals surface area (Å²) in [5.41, 5.74) is -0.0469. The lowest BCUT2D eigenvalue weighted by molar-refractivity contribution is -0.00202. The van der Waals surface area contributed by atoms with E-state index < -0.39 is 6.23 Å². The van der Waals surface area contributed by atoms with Gasteiger partial charge in [0.1, 0.15) is 6.23 Å². The first-order valence-corrected chi connectivity index (χ1v) is 3.78. The van der Waals surface area contributed by atoms with Crippen molar-refractivity contribution < 1.29 is 5.11 Å². The zero-order chi connectivity index (χ0) is 8.36. The largest absolute Gasteiger partial charge is 0.378 e. The van der Waals surface area contributed by atoms with Gasteiger partial charge in [-0.1, -0.05) is 27.7 Å². The van der Waals surface area contributed by atoms with Crippen LogP contribution in [0.15, 0.2) is 0 Å². The van der Waals surface area contributed by atoms with Crippen molar-refractivity contribution in [2.24, 2.45) is 11.3 Å². The van der Waals surface area contributed by atoms with Crippen LogP contribution >= 0.6 is 0 Å². The van der Waals surface area contributed by atoms with E-state index in [9.17, 15) is 5.11 Å². The second-order valence-electron chi connectivity index (χ2n) is 3.67. The summed E-state index contributed by atoms with van der Waals surface area (Å²) in [4.78, 5) is 0. The van der Waals surface area contributed by atoms with E-state index in [0.717, 1.165) is 0 Å². The molecule has 0 saturated carbocycles. The Balaban J connectivity index is 4.09. The van der Waals surface area contributed by atoms with Crippen molar-refractivity contribution >= 4 is 0 Å². The van der Waals surface area contributed by atoms with Crippen LogP contribution in [-0.4, -0.2) is 18.4 Å². The molecule has 0 aliphatic carbocycles. The van der Waals surface area contributed by atoms with Crippen molar-refractivity contribution in [2.45, 2.75) is 33.9 Å². The van der Waals surface area contributed by atoms with E-state index in [-0.39, 0.29) is 5.41 Å². The molecule has 1 unspecified atom stereocenters. The van der Waals surface area contributed by atoms with Crippen LogP contribution in [0.4, 0.5) is 0 Å². The highest BCUT2D eigenvalue weighted by Gasteiger charge is 2.29. The molecular weight excluding hydrogens is 126 g/mol. The highest BCUT2D eigenvalue weighted by molar-refractivity contribution is 4.77. The Kier molecular flexibility index (Phi) is 3.33. The number of hydrogen-bond donors (Lipinski definition) is 2. The molecular formula is C8H19NO. The van der Waals surface area contributed by atoms with Gasteiger partial charge >= 0.3 is 0 Å². The minimum atomic E-state index is -0.410. The molecule has 0 aromatic rings. The van der Waals surface area contributed by atoms with Gasteiger partial charge in [0.05, 0.1) is 0 Å². The number of aliphatic hydroxyl groups excluding tert-OH is 1. The van der Waals surface area contributed by atoms with Crippen LogP contribution < -0.4 is 5.32 Å². The van der Waals surface area contributed by atoms with Crippen molar-refractivity contribution in [3.63, 3.8) is 0 Å². The molecule has 0 aromatic heterocycles. The van der Waals surface area contributed by atoms with E-state index in [0.29, 0.717) is 5.92 Å². The maximum Gasteiger partial charge on any atom is 0.110 e. The summed E-state index contributed by atoms with van der Waals surface area (Å²) < 4.78 is 0. The van der Waals surface area contributed by atoms with Gasteiger partial charge in [0.2, 0.25) is 0 Å². The maximum absolute atomic E-state index is 9.44.